The summed E-state index contributed by atoms with van der Waals surface area (Å²) in [6, 6.07) is 3.02. The molecule has 1 aromatic carbocycles. The molecule has 0 spiro atoms. The summed E-state index contributed by atoms with van der Waals surface area (Å²) in [6.45, 7) is 2.98. The molecule has 22 heavy (non-hydrogen) atoms. The van der Waals surface area contributed by atoms with Gasteiger partial charge in [0.15, 0.2) is 18.1 Å². The van der Waals surface area contributed by atoms with Crippen molar-refractivity contribution in [3.8, 4) is 17.2 Å². The number of carbonyl (C=O) groups is 2. The lowest BCUT2D eigenvalue weighted by Gasteiger charge is -2.21. The monoisotopic (exact) mass is 309 g/mol. The van der Waals surface area contributed by atoms with Gasteiger partial charge in [0, 0.05) is 6.54 Å². The van der Waals surface area contributed by atoms with E-state index in [0.717, 1.165) is 6.42 Å². The van der Waals surface area contributed by atoms with Crippen LogP contribution in [0.1, 0.15) is 23.7 Å². The highest BCUT2D eigenvalue weighted by atomic mass is 16.6. The zero-order chi connectivity index (χ0) is 15.9. The van der Waals surface area contributed by atoms with E-state index in [1.165, 1.54) is 19.2 Å². The van der Waals surface area contributed by atoms with Crippen molar-refractivity contribution in [2.75, 3.05) is 33.5 Å². The first-order valence-corrected chi connectivity index (χ1v) is 7.07. The van der Waals surface area contributed by atoms with Crippen molar-refractivity contribution < 1.29 is 28.5 Å². The van der Waals surface area contributed by atoms with E-state index in [-0.39, 0.29) is 18.1 Å². The van der Waals surface area contributed by atoms with Gasteiger partial charge in [0.25, 0.3) is 5.91 Å². The van der Waals surface area contributed by atoms with Crippen LogP contribution in [0, 0.1) is 0 Å². The summed E-state index contributed by atoms with van der Waals surface area (Å²) in [5.74, 6) is 0.320. The zero-order valence-electron chi connectivity index (χ0n) is 12.6. The minimum atomic E-state index is -0.623. The van der Waals surface area contributed by atoms with Crippen molar-refractivity contribution >= 4 is 11.9 Å². The fourth-order valence-electron chi connectivity index (χ4n) is 1.92. The lowest BCUT2D eigenvalue weighted by Crippen LogP contribution is -2.29. The van der Waals surface area contributed by atoms with Crippen LogP contribution in [-0.2, 0) is 9.53 Å². The van der Waals surface area contributed by atoms with E-state index in [1.54, 1.807) is 0 Å². The van der Waals surface area contributed by atoms with Gasteiger partial charge < -0.3 is 24.3 Å². The van der Waals surface area contributed by atoms with Crippen LogP contribution in [0.5, 0.6) is 17.2 Å². The first-order chi connectivity index (χ1) is 10.7. The molecule has 0 aliphatic carbocycles. The van der Waals surface area contributed by atoms with Crippen LogP contribution < -0.4 is 19.5 Å². The maximum atomic E-state index is 12.0. The van der Waals surface area contributed by atoms with Crippen molar-refractivity contribution in [1.82, 2.24) is 5.32 Å². The predicted octanol–water partition coefficient (Wildman–Crippen LogP) is 1.15. The molecule has 0 saturated carbocycles. The molecule has 7 heteroatoms. The average molecular weight is 309 g/mol. The molecule has 0 bridgehead atoms. The Hall–Kier alpha value is -2.44. The first-order valence-electron chi connectivity index (χ1n) is 7.07. The molecular formula is C15H19NO6. The van der Waals surface area contributed by atoms with E-state index in [0.29, 0.717) is 37.0 Å². The third-order valence-electron chi connectivity index (χ3n) is 2.97. The van der Waals surface area contributed by atoms with Gasteiger partial charge in [0.05, 0.1) is 12.7 Å². The molecule has 1 heterocycles. The van der Waals surface area contributed by atoms with Crippen LogP contribution >= 0.6 is 0 Å². The number of hydrogen-bond acceptors (Lipinski definition) is 6. The largest absolute Gasteiger partial charge is 0.493 e. The molecule has 1 aromatic rings. The maximum Gasteiger partial charge on any atom is 0.338 e. The Morgan fingerprint density at radius 1 is 1.27 bits per heavy atom. The summed E-state index contributed by atoms with van der Waals surface area (Å²) in [7, 11) is 1.47. The SMILES string of the molecule is CCCNC(=O)COC(=O)c1cc(OC)c2c(c1)OCCO2. The quantitative estimate of drug-likeness (QED) is 0.794. The molecule has 120 valence electrons. The summed E-state index contributed by atoms with van der Waals surface area (Å²) in [5, 5.41) is 2.63. The van der Waals surface area contributed by atoms with Gasteiger partial charge in [0.1, 0.15) is 13.2 Å². The number of methoxy groups -OCH3 is 1. The van der Waals surface area contributed by atoms with Gasteiger partial charge in [-0.25, -0.2) is 4.79 Å². The third-order valence-corrected chi connectivity index (χ3v) is 2.97. The molecule has 2 rings (SSSR count). The standard InChI is InChI=1S/C15H19NO6/c1-3-4-16-13(17)9-22-15(18)10-7-11(19-2)14-12(8-10)20-5-6-21-14/h7-8H,3-6,9H2,1-2H3,(H,16,17). The number of carbonyl (C=O) groups excluding carboxylic acids is 2. The predicted molar refractivity (Wildman–Crippen MR) is 77.6 cm³/mol. The van der Waals surface area contributed by atoms with Gasteiger partial charge in [-0.2, -0.15) is 0 Å². The lowest BCUT2D eigenvalue weighted by molar-refractivity contribution is -0.124. The average Bonchev–Trinajstić information content (AvgIpc) is 2.56. The molecular weight excluding hydrogens is 290 g/mol. The van der Waals surface area contributed by atoms with Crippen molar-refractivity contribution in [1.29, 1.82) is 0 Å². The molecule has 1 aliphatic heterocycles. The van der Waals surface area contributed by atoms with Crippen molar-refractivity contribution in [2.24, 2.45) is 0 Å². The van der Waals surface area contributed by atoms with Gasteiger partial charge in [-0.3, -0.25) is 4.79 Å². The third kappa shape index (κ3) is 3.81. The Kier molecular flexibility index (Phi) is 5.46. The maximum absolute atomic E-state index is 12.0. The number of ether oxygens (including phenoxy) is 4. The molecule has 1 aliphatic rings. The highest BCUT2D eigenvalue weighted by Crippen LogP contribution is 2.40. The number of amides is 1. The molecule has 0 saturated heterocycles. The zero-order valence-corrected chi connectivity index (χ0v) is 12.6. The van der Waals surface area contributed by atoms with Crippen LogP contribution in [-0.4, -0.2) is 45.4 Å². The second-order valence-electron chi connectivity index (χ2n) is 4.63. The molecule has 1 amide bonds. The minimum Gasteiger partial charge on any atom is -0.493 e. The summed E-state index contributed by atoms with van der Waals surface area (Å²) in [4.78, 5) is 23.5. The number of hydrogen-bond donors (Lipinski definition) is 1. The van der Waals surface area contributed by atoms with Crippen LogP contribution in [0.15, 0.2) is 12.1 Å². The first kappa shape index (κ1) is 15.9. The summed E-state index contributed by atoms with van der Waals surface area (Å²) >= 11 is 0. The normalized spacial score (nSPS) is 12.5. The van der Waals surface area contributed by atoms with Crippen LogP contribution in [0.4, 0.5) is 0 Å². The fourth-order valence-corrected chi connectivity index (χ4v) is 1.92. The molecule has 0 unspecified atom stereocenters. The van der Waals surface area contributed by atoms with E-state index in [4.69, 9.17) is 18.9 Å². The Morgan fingerprint density at radius 3 is 2.77 bits per heavy atom. The molecule has 0 radical (unpaired) electrons. The van der Waals surface area contributed by atoms with Gasteiger partial charge in [0.2, 0.25) is 5.75 Å². The fraction of sp³-hybridized carbons (Fsp3) is 0.467. The number of benzene rings is 1. The van der Waals surface area contributed by atoms with Crippen LogP contribution in [0.3, 0.4) is 0 Å². The second-order valence-corrected chi connectivity index (χ2v) is 4.63. The van der Waals surface area contributed by atoms with E-state index in [1.807, 2.05) is 6.92 Å². The van der Waals surface area contributed by atoms with Gasteiger partial charge in [-0.15, -0.1) is 0 Å². The molecule has 0 atom stereocenters. The highest BCUT2D eigenvalue weighted by molar-refractivity contribution is 5.92. The molecule has 1 N–H and O–H groups in total. The number of rotatable bonds is 6. The number of fused-ring (bicyclic) bond motifs is 1. The van der Waals surface area contributed by atoms with Crippen molar-refractivity contribution in [2.45, 2.75) is 13.3 Å². The summed E-state index contributed by atoms with van der Waals surface area (Å²) in [6.07, 6.45) is 0.818. The molecule has 7 nitrogen and oxygen atoms in total. The Morgan fingerprint density at radius 2 is 2.05 bits per heavy atom. The highest BCUT2D eigenvalue weighted by Gasteiger charge is 2.21. The second kappa shape index (κ2) is 7.53. The smallest absolute Gasteiger partial charge is 0.338 e. The Bertz CT molecular complexity index is 540. The van der Waals surface area contributed by atoms with Gasteiger partial charge >= 0.3 is 5.97 Å². The van der Waals surface area contributed by atoms with E-state index in [9.17, 15) is 9.59 Å². The minimum absolute atomic E-state index is 0.240. The van der Waals surface area contributed by atoms with E-state index >= 15 is 0 Å². The van der Waals surface area contributed by atoms with Crippen LogP contribution in [0.2, 0.25) is 0 Å². The van der Waals surface area contributed by atoms with Gasteiger partial charge in [-0.1, -0.05) is 6.92 Å². The molecule has 0 aromatic heterocycles. The topological polar surface area (TPSA) is 83.1 Å². The number of nitrogens with one attached hydrogen (secondary N) is 1. The van der Waals surface area contributed by atoms with Crippen molar-refractivity contribution in [3.05, 3.63) is 17.7 Å². The van der Waals surface area contributed by atoms with E-state index in [2.05, 4.69) is 5.32 Å². The summed E-state index contributed by atoms with van der Waals surface area (Å²) < 4.78 is 21.1. The van der Waals surface area contributed by atoms with Gasteiger partial charge in [-0.05, 0) is 18.6 Å². The van der Waals surface area contributed by atoms with Crippen molar-refractivity contribution in [3.63, 3.8) is 0 Å². The number of esters is 1. The molecule has 0 fully saturated rings. The summed E-state index contributed by atoms with van der Waals surface area (Å²) in [5.41, 5.74) is 0.240. The van der Waals surface area contributed by atoms with E-state index < -0.39 is 5.97 Å². The van der Waals surface area contributed by atoms with Crippen LogP contribution in [0.25, 0.3) is 0 Å². The Balaban J connectivity index is 2.05. The Labute approximate surface area is 128 Å². The lowest BCUT2D eigenvalue weighted by atomic mass is 10.1.